The zero-order valence-electron chi connectivity index (χ0n) is 16.3. The molecule has 4 rings (SSSR count). The van der Waals surface area contributed by atoms with Crippen LogP contribution in [0.3, 0.4) is 0 Å². The predicted octanol–water partition coefficient (Wildman–Crippen LogP) is 3.90. The molecule has 0 unspecified atom stereocenters. The lowest BCUT2D eigenvalue weighted by Crippen LogP contribution is -2.49. The van der Waals surface area contributed by atoms with Crippen LogP contribution in [0.15, 0.2) is 24.3 Å². The number of fused-ring (bicyclic) bond motifs is 1. The van der Waals surface area contributed by atoms with Crippen molar-refractivity contribution in [1.82, 2.24) is 14.8 Å². The number of benzene rings is 1. The Balaban J connectivity index is 1.43. The minimum absolute atomic E-state index is 0.0163. The summed E-state index contributed by atoms with van der Waals surface area (Å²) in [5.74, 6) is 0.128. The standard InChI is InChI=1S/C21H24F3N3O2/c1-13(28)27-8-2-3-19(27)20(29)26-9-6-14(7-10-26)18-12-15-11-16(21(22,23)24)4-5-17(15)25-18/h4-5,11-12,14,19,25H,2-3,6-10H2,1H3/t19-/m1/s1. The van der Waals surface area contributed by atoms with Crippen molar-refractivity contribution in [2.24, 2.45) is 0 Å². The molecule has 3 heterocycles. The fourth-order valence-electron chi connectivity index (χ4n) is 4.57. The molecule has 156 valence electrons. The molecule has 0 radical (unpaired) electrons. The molecular formula is C21H24F3N3O2. The summed E-state index contributed by atoms with van der Waals surface area (Å²) >= 11 is 0. The van der Waals surface area contributed by atoms with E-state index in [1.54, 1.807) is 11.0 Å². The first kappa shape index (κ1) is 19.8. The van der Waals surface area contributed by atoms with Crippen molar-refractivity contribution in [3.05, 3.63) is 35.5 Å². The van der Waals surface area contributed by atoms with Gasteiger partial charge in [0.2, 0.25) is 11.8 Å². The van der Waals surface area contributed by atoms with Crippen LogP contribution in [0.1, 0.15) is 49.8 Å². The number of aromatic nitrogens is 1. The molecule has 2 aliphatic heterocycles. The fraction of sp³-hybridized carbons (Fsp3) is 0.524. The molecule has 2 aromatic rings. The Morgan fingerprint density at radius 1 is 1.07 bits per heavy atom. The number of hydrogen-bond donors (Lipinski definition) is 1. The Hall–Kier alpha value is -2.51. The number of halogens is 3. The summed E-state index contributed by atoms with van der Waals surface area (Å²) in [4.78, 5) is 31.3. The summed E-state index contributed by atoms with van der Waals surface area (Å²) in [6, 6.07) is 5.17. The third kappa shape index (κ3) is 3.84. The molecule has 2 amide bonds. The van der Waals surface area contributed by atoms with Gasteiger partial charge < -0.3 is 14.8 Å². The molecule has 1 aromatic carbocycles. The minimum Gasteiger partial charge on any atom is -0.358 e. The third-order valence-corrected chi connectivity index (χ3v) is 6.16. The molecular weight excluding hydrogens is 383 g/mol. The second-order valence-corrected chi connectivity index (χ2v) is 7.99. The Morgan fingerprint density at radius 2 is 1.79 bits per heavy atom. The molecule has 2 saturated heterocycles. The second-order valence-electron chi connectivity index (χ2n) is 7.99. The minimum atomic E-state index is -4.36. The van der Waals surface area contributed by atoms with Crippen molar-refractivity contribution in [2.45, 2.75) is 50.7 Å². The van der Waals surface area contributed by atoms with Gasteiger partial charge in [0.15, 0.2) is 0 Å². The lowest BCUT2D eigenvalue weighted by Gasteiger charge is -2.35. The van der Waals surface area contributed by atoms with Gasteiger partial charge in [-0.15, -0.1) is 0 Å². The number of carbonyl (C=O) groups excluding carboxylic acids is 2. The number of hydrogen-bond acceptors (Lipinski definition) is 2. The molecule has 2 aliphatic rings. The van der Waals surface area contributed by atoms with Gasteiger partial charge >= 0.3 is 6.18 Å². The third-order valence-electron chi connectivity index (χ3n) is 6.16. The van der Waals surface area contributed by atoms with Crippen LogP contribution in [-0.4, -0.2) is 52.3 Å². The average Bonchev–Trinajstić information content (AvgIpc) is 3.33. The fourth-order valence-corrected chi connectivity index (χ4v) is 4.57. The summed E-state index contributed by atoms with van der Waals surface area (Å²) < 4.78 is 38.8. The highest BCUT2D eigenvalue weighted by Gasteiger charge is 2.36. The number of piperidine rings is 1. The Kier molecular flexibility index (Phi) is 5.04. The monoisotopic (exact) mass is 407 g/mol. The van der Waals surface area contributed by atoms with Crippen LogP contribution in [0.25, 0.3) is 10.9 Å². The van der Waals surface area contributed by atoms with E-state index in [4.69, 9.17) is 0 Å². The van der Waals surface area contributed by atoms with Crippen molar-refractivity contribution in [3.63, 3.8) is 0 Å². The Bertz CT molecular complexity index is 929. The van der Waals surface area contributed by atoms with Crippen LogP contribution < -0.4 is 0 Å². The Labute approximate surface area is 166 Å². The number of carbonyl (C=O) groups is 2. The molecule has 0 bridgehead atoms. The normalized spacial score (nSPS) is 21.2. The van der Waals surface area contributed by atoms with Gasteiger partial charge in [-0.05, 0) is 49.9 Å². The molecule has 2 fully saturated rings. The Morgan fingerprint density at radius 3 is 2.45 bits per heavy atom. The highest BCUT2D eigenvalue weighted by Crippen LogP contribution is 2.34. The van der Waals surface area contributed by atoms with Crippen LogP contribution in [0.5, 0.6) is 0 Å². The van der Waals surface area contributed by atoms with Gasteiger partial charge in [0.25, 0.3) is 0 Å². The quantitative estimate of drug-likeness (QED) is 0.821. The van der Waals surface area contributed by atoms with E-state index in [0.717, 1.165) is 31.0 Å². The number of likely N-dealkylation sites (tertiary alicyclic amines) is 2. The van der Waals surface area contributed by atoms with E-state index < -0.39 is 11.7 Å². The van der Waals surface area contributed by atoms with Crippen LogP contribution in [0.2, 0.25) is 0 Å². The van der Waals surface area contributed by atoms with E-state index in [1.165, 1.54) is 19.1 Å². The second kappa shape index (κ2) is 7.39. The van der Waals surface area contributed by atoms with Gasteiger partial charge in [0, 0.05) is 49.1 Å². The van der Waals surface area contributed by atoms with Gasteiger partial charge in [-0.3, -0.25) is 9.59 Å². The molecule has 1 atom stereocenters. The van der Waals surface area contributed by atoms with Gasteiger partial charge in [0.05, 0.1) is 5.56 Å². The van der Waals surface area contributed by atoms with E-state index in [1.807, 2.05) is 4.90 Å². The number of nitrogens with one attached hydrogen (secondary N) is 1. The largest absolute Gasteiger partial charge is 0.416 e. The topological polar surface area (TPSA) is 56.4 Å². The first-order valence-electron chi connectivity index (χ1n) is 10.00. The van der Waals surface area contributed by atoms with E-state index >= 15 is 0 Å². The van der Waals surface area contributed by atoms with Crippen molar-refractivity contribution >= 4 is 22.7 Å². The maximum atomic E-state index is 12.9. The van der Waals surface area contributed by atoms with Crippen LogP contribution >= 0.6 is 0 Å². The number of H-pyrrole nitrogens is 1. The number of aromatic amines is 1. The molecule has 1 N–H and O–H groups in total. The van der Waals surface area contributed by atoms with Crippen LogP contribution in [0.4, 0.5) is 13.2 Å². The van der Waals surface area contributed by atoms with Crippen molar-refractivity contribution in [1.29, 1.82) is 0 Å². The van der Waals surface area contributed by atoms with Crippen molar-refractivity contribution in [3.8, 4) is 0 Å². The van der Waals surface area contributed by atoms with Crippen molar-refractivity contribution in [2.75, 3.05) is 19.6 Å². The SMILES string of the molecule is CC(=O)N1CCC[C@@H]1C(=O)N1CCC(c2cc3cc(C(F)(F)F)ccc3[nH]2)CC1. The summed E-state index contributed by atoms with van der Waals surface area (Å²) in [7, 11) is 0. The lowest BCUT2D eigenvalue weighted by atomic mass is 9.93. The van der Waals surface area contributed by atoms with Gasteiger partial charge in [-0.1, -0.05) is 0 Å². The molecule has 0 spiro atoms. The van der Waals surface area contributed by atoms with Crippen LogP contribution in [0, 0.1) is 0 Å². The number of amides is 2. The molecule has 5 nitrogen and oxygen atoms in total. The zero-order valence-corrected chi connectivity index (χ0v) is 16.3. The van der Waals surface area contributed by atoms with E-state index in [2.05, 4.69) is 4.98 Å². The first-order chi connectivity index (χ1) is 13.7. The lowest BCUT2D eigenvalue weighted by molar-refractivity contribution is -0.143. The highest BCUT2D eigenvalue weighted by atomic mass is 19.4. The van der Waals surface area contributed by atoms with E-state index in [9.17, 15) is 22.8 Å². The van der Waals surface area contributed by atoms with Gasteiger partial charge in [0.1, 0.15) is 6.04 Å². The zero-order chi connectivity index (χ0) is 20.8. The summed E-state index contributed by atoms with van der Waals surface area (Å²) in [5, 5.41) is 0.552. The number of rotatable bonds is 2. The number of nitrogens with zero attached hydrogens (tertiary/aromatic N) is 2. The molecule has 29 heavy (non-hydrogen) atoms. The summed E-state index contributed by atoms with van der Waals surface area (Å²) in [5.41, 5.74) is 0.953. The smallest absolute Gasteiger partial charge is 0.358 e. The highest BCUT2D eigenvalue weighted by molar-refractivity contribution is 5.87. The molecule has 0 aliphatic carbocycles. The molecule has 0 saturated carbocycles. The summed E-state index contributed by atoms with van der Waals surface area (Å²) in [6.07, 6.45) is -1.30. The van der Waals surface area contributed by atoms with Gasteiger partial charge in [-0.2, -0.15) is 13.2 Å². The average molecular weight is 407 g/mol. The van der Waals surface area contributed by atoms with Crippen molar-refractivity contribution < 1.29 is 22.8 Å². The summed E-state index contributed by atoms with van der Waals surface area (Å²) in [6.45, 7) is 3.32. The van der Waals surface area contributed by atoms with Gasteiger partial charge in [-0.25, -0.2) is 0 Å². The first-order valence-corrected chi connectivity index (χ1v) is 10.00. The van der Waals surface area contributed by atoms with Crippen LogP contribution in [-0.2, 0) is 15.8 Å². The maximum absolute atomic E-state index is 12.9. The maximum Gasteiger partial charge on any atom is 0.416 e. The molecule has 1 aromatic heterocycles. The molecule has 8 heteroatoms. The van der Waals surface area contributed by atoms with E-state index in [0.29, 0.717) is 37.0 Å². The number of alkyl halides is 3. The van der Waals surface area contributed by atoms with E-state index in [-0.39, 0.29) is 23.8 Å². The predicted molar refractivity (Wildman–Crippen MR) is 102 cm³/mol.